The number of aryl methyl sites for hydroxylation is 2. The summed E-state index contributed by atoms with van der Waals surface area (Å²) < 4.78 is 121. The first-order chi connectivity index (χ1) is 58.5. The highest BCUT2D eigenvalue weighted by Crippen LogP contribution is 2.59. The van der Waals surface area contributed by atoms with Crippen LogP contribution in [0, 0.1) is 37.5 Å². The lowest BCUT2D eigenvalue weighted by atomic mass is 9.50. The molecule has 0 spiro atoms. The Morgan fingerprint density at radius 3 is 1.08 bits per heavy atom. The average molecular weight is 1780 g/mol. The van der Waals surface area contributed by atoms with Crippen molar-refractivity contribution in [1.29, 1.82) is 0 Å². The number of amides is 1. The normalized spacial score (nSPS) is 16.1. The van der Waals surface area contributed by atoms with Gasteiger partial charge in [-0.2, -0.15) is 0 Å². The zero-order chi connectivity index (χ0) is 89.7. The Hall–Kier alpha value is -10.7. The third kappa shape index (κ3) is 34.5. The van der Waals surface area contributed by atoms with Crippen LogP contribution in [-0.4, -0.2) is 131 Å². The standard InChI is InChI=1S/C33H37O3S.2C18H15S.C11H18O7S.C10H15F2NO4.C6H10O5S/c1-22-14-30(37(28-10-6-4-7-11-28)29-12-8-5-9-13-29)15-23(2)32(22)35-21-31(34)36-33(3)26-17-24-16-25(19-26)20-27(33)18-24;2*1-4-10-16(11-5-1)19(17-12-6-2-7-13-17)18-14-8-3-9-15-18;1-4-9(18-11(13)8(2)3)7-10(12)17-5-6-19(14,15)16;1-7(2)8(14)16-5-4-13-9(15)17-6-10(3,11)12;1-5(2)6(7)11-3-4-12(8,9)10/h4-15,24-27H,16-21H2,1-3H3;2*1-15H;9H,2,4-7H2,1,3H3,(H,14,15,16);1,4-6H2,2-3H3,(H,13,15);1,3-4H2,2H3,(H,8,9,10)/q3*+1;;;/p-2. The number of carbonyl (C=O) groups excluding carboxylic acids is 6. The number of alkyl carbamates (subject to hydrolysis) is 1. The number of halogens is 2. The Labute approximate surface area is 730 Å². The molecule has 1 unspecified atom stereocenters. The summed E-state index contributed by atoms with van der Waals surface area (Å²) in [6.45, 7) is 21.1. The lowest BCUT2D eigenvalue weighted by Gasteiger charge is -2.59. The summed E-state index contributed by atoms with van der Waals surface area (Å²) in [5.74, 6) is -3.86. The minimum absolute atomic E-state index is 0.0146. The van der Waals surface area contributed by atoms with Crippen molar-refractivity contribution in [3.63, 3.8) is 0 Å². The summed E-state index contributed by atoms with van der Waals surface area (Å²) in [5.41, 5.74) is 2.39. The van der Waals surface area contributed by atoms with E-state index in [1.165, 1.54) is 96.9 Å². The molecule has 4 bridgehead atoms. The molecule has 4 fully saturated rings. The van der Waals surface area contributed by atoms with Gasteiger partial charge in [0.2, 0.25) is 0 Å². The molecule has 0 aromatic heterocycles. The Bertz CT molecular complexity index is 4720. The number of rotatable bonds is 31. The van der Waals surface area contributed by atoms with Gasteiger partial charge in [-0.1, -0.05) is 172 Å². The summed E-state index contributed by atoms with van der Waals surface area (Å²) in [4.78, 5) is 79.9. The second-order valence-corrected chi connectivity index (χ2v) is 38.8. The quantitative estimate of drug-likeness (QED) is 0.0105. The van der Waals surface area contributed by atoms with Crippen LogP contribution in [0.3, 0.4) is 0 Å². The van der Waals surface area contributed by atoms with Crippen LogP contribution in [0.2, 0.25) is 0 Å². The van der Waals surface area contributed by atoms with Crippen LogP contribution in [0.1, 0.15) is 97.6 Å². The summed E-state index contributed by atoms with van der Waals surface area (Å²) in [5, 5.41) is 2.15. The van der Waals surface area contributed by atoms with Crippen molar-refractivity contribution >= 4 is 88.9 Å². The zero-order valence-electron chi connectivity index (χ0n) is 70.4. The highest BCUT2D eigenvalue weighted by molar-refractivity contribution is 7.97. The second-order valence-electron chi connectivity index (χ2n) is 29.6. The van der Waals surface area contributed by atoms with Crippen LogP contribution >= 0.6 is 0 Å². The van der Waals surface area contributed by atoms with E-state index in [-0.39, 0.29) is 87.2 Å². The molecule has 9 aromatic carbocycles. The van der Waals surface area contributed by atoms with Crippen LogP contribution in [0.25, 0.3) is 0 Å². The van der Waals surface area contributed by atoms with Gasteiger partial charge >= 0.3 is 35.9 Å². The molecule has 0 aliphatic heterocycles. The minimum atomic E-state index is -4.41. The van der Waals surface area contributed by atoms with Gasteiger partial charge in [-0.05, 0) is 212 Å². The highest BCUT2D eigenvalue weighted by Gasteiger charge is 2.57. The lowest BCUT2D eigenvalue weighted by molar-refractivity contribution is -0.204. The average Bonchev–Trinajstić information content (AvgIpc) is 0.732. The summed E-state index contributed by atoms with van der Waals surface area (Å²) in [6.07, 6.45) is 4.83. The molecule has 9 aromatic rings. The van der Waals surface area contributed by atoms with Crippen molar-refractivity contribution in [3.8, 4) is 5.75 Å². The molecule has 0 heterocycles. The first-order valence-corrected chi connectivity index (χ1v) is 46.8. The van der Waals surface area contributed by atoms with E-state index in [4.69, 9.17) is 14.2 Å². The third-order valence-corrected chi connectivity index (χ3v) is 27.3. The SMILES string of the molecule is C=C(C)C(=O)OC(CC)CC(=O)OCCS(=O)(=O)[O-].C=C(C)C(=O)OCCNC(=O)OCC(C)(F)F.C=C(C)C(=O)OCCS(=O)(=O)[O-].Cc1cc([S+](c2ccccc2)c2ccccc2)cc(C)c1OCC(=O)OC1(C)C2CC3CC(C2)CC1C3.c1ccc([S+](c2ccccc2)c2ccccc2)cc1.c1ccc([S+](c2ccccc2)c2ccccc2)cc1. The third-order valence-electron chi connectivity index (χ3n) is 19.3. The summed E-state index contributed by atoms with van der Waals surface area (Å²) in [7, 11) is -8.96. The van der Waals surface area contributed by atoms with Crippen molar-refractivity contribution in [2.24, 2.45) is 23.7 Å². The number of alkyl halides is 2. The van der Waals surface area contributed by atoms with Crippen molar-refractivity contribution < 1.29 is 96.6 Å². The van der Waals surface area contributed by atoms with Gasteiger partial charge in [0, 0.05) is 35.8 Å². The molecule has 4 aliphatic carbocycles. The van der Waals surface area contributed by atoms with Crippen molar-refractivity contribution in [3.05, 3.63) is 302 Å². The van der Waals surface area contributed by atoms with Gasteiger partial charge in [0.15, 0.2) is 57.3 Å². The maximum Gasteiger partial charge on any atom is 0.407 e. The van der Waals surface area contributed by atoms with Crippen LogP contribution < -0.4 is 10.1 Å². The fourth-order valence-electron chi connectivity index (χ4n) is 13.7. The number of esters is 5. The van der Waals surface area contributed by atoms with Gasteiger partial charge < -0.3 is 47.6 Å². The molecule has 0 radical (unpaired) electrons. The molecule has 0 saturated heterocycles. The maximum atomic E-state index is 13.0. The van der Waals surface area contributed by atoms with Crippen LogP contribution in [0.15, 0.2) is 335 Å². The fourth-order valence-corrected chi connectivity index (χ4v) is 20.7. The summed E-state index contributed by atoms with van der Waals surface area (Å²) >= 11 is 0. The van der Waals surface area contributed by atoms with Gasteiger partial charge in [-0.15, -0.1) is 0 Å². The number of hydrogen-bond acceptors (Lipinski definition) is 19. The molecular weight excluding hydrogens is 1670 g/mol. The highest BCUT2D eigenvalue weighted by atomic mass is 32.2. The van der Waals surface area contributed by atoms with Crippen LogP contribution in [-0.2, 0) is 105 Å². The molecule has 13 rings (SSSR count). The number of ether oxygens (including phenoxy) is 7. The monoisotopic (exact) mass is 1780 g/mol. The number of carbonyl (C=O) groups is 6. The predicted molar refractivity (Wildman–Crippen MR) is 472 cm³/mol. The van der Waals surface area contributed by atoms with Crippen LogP contribution in [0.4, 0.5) is 13.6 Å². The second kappa shape index (κ2) is 49.6. The number of nitrogens with one attached hydrogen (secondary N) is 1. The van der Waals surface area contributed by atoms with Crippen molar-refractivity contribution in [1.82, 2.24) is 5.32 Å². The molecule has 20 nitrogen and oxygen atoms in total. The predicted octanol–water partition coefficient (Wildman–Crippen LogP) is 18.6. The molecule has 1 atom stereocenters. The largest absolute Gasteiger partial charge is 0.748 e. The molecule has 4 aliphatic rings. The maximum absolute atomic E-state index is 13.0. The molecule has 27 heteroatoms. The van der Waals surface area contributed by atoms with Gasteiger partial charge in [0.1, 0.15) is 37.3 Å². The van der Waals surface area contributed by atoms with Crippen molar-refractivity contribution in [2.75, 3.05) is 51.1 Å². The molecule has 123 heavy (non-hydrogen) atoms. The van der Waals surface area contributed by atoms with Crippen molar-refractivity contribution in [2.45, 2.75) is 162 Å². The minimum Gasteiger partial charge on any atom is -0.748 e. The topological polar surface area (TPSA) is 293 Å². The first-order valence-electron chi connectivity index (χ1n) is 39.9. The van der Waals surface area contributed by atoms with E-state index < -0.39 is 93.6 Å². The Kier molecular flexibility index (Phi) is 40.1. The smallest absolute Gasteiger partial charge is 0.407 e. The number of benzene rings is 9. The van der Waals surface area contributed by atoms with E-state index in [0.29, 0.717) is 25.2 Å². The van der Waals surface area contributed by atoms with Gasteiger partial charge in [0.25, 0.3) is 5.92 Å². The number of hydrogen-bond donors (Lipinski definition) is 1. The first kappa shape index (κ1) is 99.5. The van der Waals surface area contributed by atoms with E-state index >= 15 is 0 Å². The van der Waals surface area contributed by atoms with Gasteiger partial charge in [-0.3, -0.25) is 4.79 Å². The van der Waals surface area contributed by atoms with E-state index in [9.17, 15) is 63.5 Å². The molecular formula is C96H108F2NO19S5+. The van der Waals surface area contributed by atoms with E-state index in [2.05, 4.69) is 320 Å². The fraction of sp³-hybridized carbons (Fsp3) is 0.312. The molecule has 1 N–H and O–H groups in total. The lowest BCUT2D eigenvalue weighted by Crippen LogP contribution is -2.58. The van der Waals surface area contributed by atoms with E-state index in [1.807, 2.05) is 0 Å². The van der Waals surface area contributed by atoms with E-state index in [1.54, 1.807) is 6.92 Å². The molecule has 654 valence electrons. The Morgan fingerprint density at radius 2 is 0.780 bits per heavy atom. The molecule has 1 amide bonds. The van der Waals surface area contributed by atoms with Gasteiger partial charge in [-0.25, -0.2) is 49.6 Å². The Balaban J connectivity index is 0.000000212. The van der Waals surface area contributed by atoms with Crippen LogP contribution in [0.5, 0.6) is 5.75 Å². The Morgan fingerprint density at radius 1 is 0.472 bits per heavy atom. The zero-order valence-corrected chi connectivity index (χ0v) is 74.5. The van der Waals surface area contributed by atoms with Gasteiger partial charge in [0.05, 0.1) is 77.4 Å². The molecule has 4 saturated carbocycles. The van der Waals surface area contributed by atoms with E-state index in [0.717, 1.165) is 28.7 Å². The summed E-state index contributed by atoms with van der Waals surface area (Å²) in [6, 6.07) is 90.1.